The Kier molecular flexibility index (Phi) is 2.86. The molecule has 0 saturated heterocycles. The van der Waals surface area contributed by atoms with Gasteiger partial charge in [0.05, 0.1) is 11.9 Å². The van der Waals surface area contributed by atoms with E-state index in [2.05, 4.69) is 10.1 Å². The van der Waals surface area contributed by atoms with Crippen LogP contribution in [0, 0.1) is 13.8 Å². The van der Waals surface area contributed by atoms with Gasteiger partial charge in [-0.2, -0.15) is 5.10 Å². The Labute approximate surface area is 119 Å². The van der Waals surface area contributed by atoms with Gasteiger partial charge in [-0.25, -0.2) is 9.31 Å². The fourth-order valence-electron chi connectivity index (χ4n) is 2.16. The van der Waals surface area contributed by atoms with E-state index in [-0.39, 0.29) is 16.8 Å². The number of carbonyl (C=O) groups is 1. The van der Waals surface area contributed by atoms with Crippen molar-refractivity contribution < 1.29 is 9.90 Å². The van der Waals surface area contributed by atoms with E-state index in [4.69, 9.17) is 5.11 Å². The van der Waals surface area contributed by atoms with Crippen LogP contribution in [0.4, 0.5) is 0 Å². The number of aromatic amines is 1. The minimum absolute atomic E-state index is 0.155. The lowest BCUT2D eigenvalue weighted by Gasteiger charge is -2.05. The normalized spacial score (nSPS) is 11.0. The molecule has 0 bridgehead atoms. The fourth-order valence-corrected chi connectivity index (χ4v) is 2.16. The van der Waals surface area contributed by atoms with Crippen molar-refractivity contribution in [3.8, 4) is 11.3 Å². The topological polar surface area (TPSA) is 87.5 Å². The molecule has 2 N–H and O–H groups in total. The first-order valence-electron chi connectivity index (χ1n) is 6.39. The van der Waals surface area contributed by atoms with Crippen molar-refractivity contribution in [1.29, 1.82) is 0 Å². The summed E-state index contributed by atoms with van der Waals surface area (Å²) in [6.07, 6.45) is 1.62. The highest BCUT2D eigenvalue weighted by Crippen LogP contribution is 2.19. The van der Waals surface area contributed by atoms with Crippen LogP contribution in [0.2, 0.25) is 0 Å². The van der Waals surface area contributed by atoms with Gasteiger partial charge in [0.15, 0.2) is 5.69 Å². The summed E-state index contributed by atoms with van der Waals surface area (Å²) < 4.78 is 1.30. The number of carboxylic acids is 1. The highest BCUT2D eigenvalue weighted by molar-refractivity contribution is 5.87. The molecule has 0 aliphatic rings. The Hall–Kier alpha value is -2.89. The molecule has 0 aliphatic heterocycles. The maximum atomic E-state index is 12.1. The third kappa shape index (κ3) is 2.20. The number of aromatic carboxylic acids is 1. The zero-order valence-corrected chi connectivity index (χ0v) is 11.5. The summed E-state index contributed by atoms with van der Waals surface area (Å²) in [4.78, 5) is 25.7. The van der Waals surface area contributed by atoms with Gasteiger partial charge in [0, 0.05) is 6.07 Å². The average Bonchev–Trinajstić information content (AvgIpc) is 2.86. The maximum Gasteiger partial charge on any atom is 0.356 e. The maximum absolute atomic E-state index is 12.1. The first-order valence-corrected chi connectivity index (χ1v) is 6.39. The van der Waals surface area contributed by atoms with Crippen molar-refractivity contribution in [2.75, 3.05) is 0 Å². The first-order chi connectivity index (χ1) is 9.95. The van der Waals surface area contributed by atoms with E-state index in [1.165, 1.54) is 10.6 Å². The third-order valence-corrected chi connectivity index (χ3v) is 3.50. The predicted octanol–water partition coefficient (Wildman–Crippen LogP) is 2.00. The molecule has 0 spiro atoms. The number of hydrogen-bond acceptors (Lipinski definition) is 3. The third-order valence-electron chi connectivity index (χ3n) is 3.50. The molecule has 2 aromatic heterocycles. The minimum atomic E-state index is -1.16. The summed E-state index contributed by atoms with van der Waals surface area (Å²) in [5, 5.41) is 12.8. The van der Waals surface area contributed by atoms with Crippen LogP contribution in [-0.2, 0) is 0 Å². The molecule has 0 unspecified atom stereocenters. The van der Waals surface area contributed by atoms with Crippen molar-refractivity contribution in [2.24, 2.45) is 0 Å². The standard InChI is InChI=1S/C15H13N3O3/c1-8-3-4-10(5-9(8)2)12-7-18-13(14(19)16-12)6-11(17-18)15(20)21/h3-7H,1-2H3,(H,16,19)(H,20,21). The fraction of sp³-hybridized carbons (Fsp3) is 0.133. The van der Waals surface area contributed by atoms with Crippen LogP contribution >= 0.6 is 0 Å². The molecule has 106 valence electrons. The number of rotatable bonds is 2. The minimum Gasteiger partial charge on any atom is -0.476 e. The lowest BCUT2D eigenvalue weighted by molar-refractivity contribution is 0.0690. The molecule has 0 radical (unpaired) electrons. The molecule has 3 aromatic rings. The number of benzene rings is 1. The summed E-state index contributed by atoms with van der Waals surface area (Å²) in [5.41, 5.74) is 3.40. The molecule has 21 heavy (non-hydrogen) atoms. The van der Waals surface area contributed by atoms with E-state index in [9.17, 15) is 9.59 Å². The van der Waals surface area contributed by atoms with Gasteiger partial charge in [-0.3, -0.25) is 4.79 Å². The van der Waals surface area contributed by atoms with Crippen LogP contribution in [-0.4, -0.2) is 25.7 Å². The number of carboxylic acid groups (broad SMARTS) is 1. The molecule has 0 aliphatic carbocycles. The van der Waals surface area contributed by atoms with Crippen molar-refractivity contribution >= 4 is 11.5 Å². The molecule has 6 heteroatoms. The van der Waals surface area contributed by atoms with E-state index in [1.54, 1.807) is 6.20 Å². The van der Waals surface area contributed by atoms with Gasteiger partial charge in [0.25, 0.3) is 5.56 Å². The lowest BCUT2D eigenvalue weighted by Crippen LogP contribution is -2.10. The Morgan fingerprint density at radius 1 is 1.24 bits per heavy atom. The second kappa shape index (κ2) is 4.59. The number of fused-ring (bicyclic) bond motifs is 1. The highest BCUT2D eigenvalue weighted by atomic mass is 16.4. The molecular weight excluding hydrogens is 270 g/mol. The van der Waals surface area contributed by atoms with Crippen molar-refractivity contribution in [3.05, 3.63) is 57.6 Å². The summed E-state index contributed by atoms with van der Waals surface area (Å²) in [6.45, 7) is 4.00. The second-order valence-electron chi connectivity index (χ2n) is 4.96. The van der Waals surface area contributed by atoms with E-state index < -0.39 is 5.97 Å². The average molecular weight is 283 g/mol. The van der Waals surface area contributed by atoms with Crippen LogP contribution in [0.25, 0.3) is 16.8 Å². The molecular formula is C15H13N3O3. The molecule has 0 fully saturated rings. The van der Waals surface area contributed by atoms with Gasteiger partial charge in [0.2, 0.25) is 0 Å². The smallest absolute Gasteiger partial charge is 0.356 e. The molecule has 0 saturated carbocycles. The quantitative estimate of drug-likeness (QED) is 0.753. The van der Waals surface area contributed by atoms with Gasteiger partial charge in [0.1, 0.15) is 5.52 Å². The molecule has 3 rings (SSSR count). The summed E-state index contributed by atoms with van der Waals surface area (Å²) in [7, 11) is 0. The Morgan fingerprint density at radius 2 is 2.00 bits per heavy atom. The Bertz CT molecular complexity index is 922. The van der Waals surface area contributed by atoms with Crippen LogP contribution in [0.3, 0.4) is 0 Å². The summed E-state index contributed by atoms with van der Waals surface area (Å²) >= 11 is 0. The lowest BCUT2D eigenvalue weighted by atomic mass is 10.0. The first kappa shape index (κ1) is 13.1. The molecule has 6 nitrogen and oxygen atoms in total. The summed E-state index contributed by atoms with van der Waals surface area (Å²) in [5.74, 6) is -1.16. The zero-order valence-electron chi connectivity index (χ0n) is 11.5. The van der Waals surface area contributed by atoms with E-state index in [0.29, 0.717) is 5.69 Å². The molecule has 2 heterocycles. The van der Waals surface area contributed by atoms with Gasteiger partial charge < -0.3 is 10.1 Å². The number of hydrogen-bond donors (Lipinski definition) is 2. The van der Waals surface area contributed by atoms with E-state index >= 15 is 0 Å². The van der Waals surface area contributed by atoms with Crippen molar-refractivity contribution in [2.45, 2.75) is 13.8 Å². The van der Waals surface area contributed by atoms with E-state index in [0.717, 1.165) is 16.7 Å². The highest BCUT2D eigenvalue weighted by Gasteiger charge is 2.12. The van der Waals surface area contributed by atoms with Gasteiger partial charge in [-0.05, 0) is 36.6 Å². The van der Waals surface area contributed by atoms with Crippen molar-refractivity contribution in [3.63, 3.8) is 0 Å². The van der Waals surface area contributed by atoms with Gasteiger partial charge >= 0.3 is 5.97 Å². The van der Waals surface area contributed by atoms with Crippen LogP contribution in [0.15, 0.2) is 35.3 Å². The van der Waals surface area contributed by atoms with Gasteiger partial charge in [-0.1, -0.05) is 12.1 Å². The SMILES string of the molecule is Cc1ccc(-c2cn3nc(C(=O)O)cc3c(=O)[nH]2)cc1C. The van der Waals surface area contributed by atoms with Crippen LogP contribution in [0.5, 0.6) is 0 Å². The number of nitrogens with zero attached hydrogens (tertiary/aromatic N) is 2. The molecule has 0 atom stereocenters. The number of nitrogens with one attached hydrogen (secondary N) is 1. The molecule has 1 aromatic carbocycles. The summed E-state index contributed by atoms with van der Waals surface area (Å²) in [6, 6.07) is 7.10. The second-order valence-corrected chi connectivity index (χ2v) is 4.96. The van der Waals surface area contributed by atoms with Gasteiger partial charge in [-0.15, -0.1) is 0 Å². The zero-order chi connectivity index (χ0) is 15.1. The van der Waals surface area contributed by atoms with E-state index in [1.807, 2.05) is 32.0 Å². The van der Waals surface area contributed by atoms with Crippen LogP contribution in [0.1, 0.15) is 21.6 Å². The Morgan fingerprint density at radius 3 is 2.67 bits per heavy atom. The number of aromatic nitrogens is 3. The number of aryl methyl sites for hydroxylation is 2. The monoisotopic (exact) mass is 283 g/mol. The largest absolute Gasteiger partial charge is 0.476 e. The Balaban J connectivity index is 2.22. The number of H-pyrrole nitrogens is 1. The van der Waals surface area contributed by atoms with Crippen LogP contribution < -0.4 is 5.56 Å². The molecule has 0 amide bonds. The van der Waals surface area contributed by atoms with Crippen molar-refractivity contribution in [1.82, 2.24) is 14.6 Å². The predicted molar refractivity (Wildman–Crippen MR) is 77.7 cm³/mol.